The zero-order valence-electron chi connectivity index (χ0n) is 15.7. The highest BCUT2D eigenvalue weighted by atomic mass is 16.3. The van der Waals surface area contributed by atoms with Gasteiger partial charge in [-0.05, 0) is 69.1 Å². The number of hydrogen-bond donors (Lipinski definition) is 3. The Balaban J connectivity index is 1.77. The molecule has 0 amide bonds. The second-order valence-corrected chi connectivity index (χ2v) is 9.63. The second kappa shape index (κ2) is 5.40. The van der Waals surface area contributed by atoms with Crippen molar-refractivity contribution in [2.24, 2.45) is 28.6 Å². The van der Waals surface area contributed by atoms with Crippen LogP contribution in [-0.4, -0.2) is 38.9 Å². The Morgan fingerprint density at radius 1 is 1.12 bits per heavy atom. The van der Waals surface area contributed by atoms with Crippen LogP contribution >= 0.6 is 0 Å². The van der Waals surface area contributed by atoms with Crippen molar-refractivity contribution in [2.75, 3.05) is 0 Å². The third-order valence-electron chi connectivity index (χ3n) is 8.86. The fourth-order valence-corrected chi connectivity index (χ4v) is 7.31. The lowest BCUT2D eigenvalue weighted by Gasteiger charge is -2.63. The number of rotatable bonds is 1. The van der Waals surface area contributed by atoms with Gasteiger partial charge in [0, 0.05) is 11.3 Å². The first-order valence-corrected chi connectivity index (χ1v) is 9.94. The first-order chi connectivity index (χ1) is 11.6. The van der Waals surface area contributed by atoms with E-state index in [-0.39, 0.29) is 35.1 Å². The number of carbonyl (C=O) groups excluding carboxylic acids is 1. The summed E-state index contributed by atoms with van der Waals surface area (Å²) in [4.78, 5) is 12.2. The van der Waals surface area contributed by atoms with Crippen molar-refractivity contribution in [1.29, 1.82) is 0 Å². The normalized spacial score (nSPS) is 55.0. The van der Waals surface area contributed by atoms with Crippen molar-refractivity contribution in [3.05, 3.63) is 11.6 Å². The number of aliphatic hydroxyl groups is 3. The molecule has 0 saturated heterocycles. The monoisotopic (exact) mass is 348 g/mol. The molecule has 4 rings (SSSR count). The quantitative estimate of drug-likeness (QED) is 0.637. The summed E-state index contributed by atoms with van der Waals surface area (Å²) < 4.78 is 0. The van der Waals surface area contributed by atoms with Gasteiger partial charge in [0.2, 0.25) is 0 Å². The Morgan fingerprint density at radius 3 is 2.52 bits per heavy atom. The molecule has 140 valence electrons. The first-order valence-electron chi connectivity index (χ1n) is 9.94. The molecule has 4 heteroatoms. The molecule has 0 radical (unpaired) electrons. The molecule has 0 aromatic rings. The topological polar surface area (TPSA) is 77.8 Å². The molecular formula is C21H32O4. The lowest BCUT2D eigenvalue weighted by Crippen LogP contribution is -2.66. The van der Waals surface area contributed by atoms with Gasteiger partial charge in [0.05, 0.1) is 17.8 Å². The van der Waals surface area contributed by atoms with Gasteiger partial charge in [-0.3, -0.25) is 4.79 Å². The summed E-state index contributed by atoms with van der Waals surface area (Å²) in [5.41, 5.74) is -0.427. The van der Waals surface area contributed by atoms with E-state index in [1.807, 2.05) is 13.0 Å². The molecular weight excluding hydrogens is 316 g/mol. The number of ketones is 1. The first kappa shape index (κ1) is 17.7. The summed E-state index contributed by atoms with van der Waals surface area (Å²) in [6, 6.07) is 0. The Labute approximate surface area is 150 Å². The van der Waals surface area contributed by atoms with E-state index in [2.05, 4.69) is 6.92 Å². The molecule has 4 aliphatic carbocycles. The zero-order chi connectivity index (χ0) is 18.2. The van der Waals surface area contributed by atoms with Gasteiger partial charge in [-0.15, -0.1) is 0 Å². The van der Waals surface area contributed by atoms with E-state index in [0.29, 0.717) is 19.3 Å². The molecule has 0 aromatic carbocycles. The maximum atomic E-state index is 12.2. The molecule has 0 spiro atoms. The van der Waals surface area contributed by atoms with Crippen LogP contribution in [0.15, 0.2) is 11.6 Å². The molecule has 25 heavy (non-hydrogen) atoms. The molecule has 3 N–H and O–H groups in total. The highest BCUT2D eigenvalue weighted by Crippen LogP contribution is 2.68. The summed E-state index contributed by atoms with van der Waals surface area (Å²) in [6.45, 7) is 5.81. The fraction of sp³-hybridized carbons (Fsp3) is 0.857. The number of aliphatic hydroxyl groups excluding tert-OH is 2. The van der Waals surface area contributed by atoms with Gasteiger partial charge in [0.25, 0.3) is 0 Å². The Morgan fingerprint density at radius 2 is 1.84 bits per heavy atom. The van der Waals surface area contributed by atoms with Crippen LogP contribution in [0.1, 0.15) is 65.7 Å². The van der Waals surface area contributed by atoms with E-state index in [1.165, 1.54) is 5.57 Å². The van der Waals surface area contributed by atoms with Crippen LogP contribution in [0, 0.1) is 28.6 Å². The standard InChI is InChI=1S/C21H32O4/c1-12(22)15-7-9-21(25)16-5-4-13-10-14(23)6-8-19(13,2)17(16)11-18(24)20(15,21)3/h10,14-18,23-25H,4-9,11H2,1-3H3. The van der Waals surface area contributed by atoms with Crippen LogP contribution in [0.3, 0.4) is 0 Å². The van der Waals surface area contributed by atoms with E-state index in [0.717, 1.165) is 25.7 Å². The Bertz CT molecular complexity index is 627. The summed E-state index contributed by atoms with van der Waals surface area (Å²) in [5.74, 6) is 0.201. The number of Topliss-reactive ketones (excluding diaryl/α,β-unsaturated/α-hetero) is 1. The second-order valence-electron chi connectivity index (χ2n) is 9.63. The van der Waals surface area contributed by atoms with E-state index >= 15 is 0 Å². The SMILES string of the molecule is CC(=O)C1CCC2(O)C3CCC4=CC(O)CCC4(C)C3CC(O)C12C. The summed E-state index contributed by atoms with van der Waals surface area (Å²) in [5, 5.41) is 33.0. The van der Waals surface area contributed by atoms with Crippen molar-refractivity contribution in [3.8, 4) is 0 Å². The van der Waals surface area contributed by atoms with Gasteiger partial charge in [0.15, 0.2) is 0 Å². The molecule has 3 fully saturated rings. The molecule has 0 heterocycles. The lowest BCUT2D eigenvalue weighted by molar-refractivity contribution is -0.227. The molecule has 8 unspecified atom stereocenters. The molecule has 0 aliphatic heterocycles. The number of hydrogen-bond acceptors (Lipinski definition) is 4. The highest BCUT2D eigenvalue weighted by Gasteiger charge is 2.70. The van der Waals surface area contributed by atoms with Crippen LogP contribution in [0.5, 0.6) is 0 Å². The molecule has 4 aliphatic rings. The third-order valence-corrected chi connectivity index (χ3v) is 8.86. The number of fused-ring (bicyclic) bond motifs is 5. The maximum Gasteiger partial charge on any atom is 0.133 e. The van der Waals surface area contributed by atoms with Crippen molar-refractivity contribution < 1.29 is 20.1 Å². The smallest absolute Gasteiger partial charge is 0.133 e. The van der Waals surface area contributed by atoms with E-state index in [1.54, 1.807) is 6.92 Å². The van der Waals surface area contributed by atoms with Gasteiger partial charge in [-0.25, -0.2) is 0 Å². The summed E-state index contributed by atoms with van der Waals surface area (Å²) >= 11 is 0. The molecule has 0 bridgehead atoms. The van der Waals surface area contributed by atoms with Gasteiger partial charge >= 0.3 is 0 Å². The number of carbonyl (C=O) groups is 1. The van der Waals surface area contributed by atoms with Crippen LogP contribution in [0.25, 0.3) is 0 Å². The van der Waals surface area contributed by atoms with Crippen LogP contribution < -0.4 is 0 Å². The van der Waals surface area contributed by atoms with Gasteiger partial charge in [-0.2, -0.15) is 0 Å². The van der Waals surface area contributed by atoms with E-state index in [4.69, 9.17) is 0 Å². The Kier molecular flexibility index (Phi) is 3.82. The van der Waals surface area contributed by atoms with Gasteiger partial charge < -0.3 is 15.3 Å². The van der Waals surface area contributed by atoms with Crippen LogP contribution in [-0.2, 0) is 4.79 Å². The molecule has 8 atom stereocenters. The lowest BCUT2D eigenvalue weighted by atomic mass is 9.44. The molecule has 0 aromatic heterocycles. The van der Waals surface area contributed by atoms with Crippen LogP contribution in [0.2, 0.25) is 0 Å². The fourth-order valence-electron chi connectivity index (χ4n) is 7.31. The predicted molar refractivity (Wildman–Crippen MR) is 94.7 cm³/mol. The van der Waals surface area contributed by atoms with Gasteiger partial charge in [-0.1, -0.05) is 25.5 Å². The molecule has 4 nitrogen and oxygen atoms in total. The van der Waals surface area contributed by atoms with Crippen molar-refractivity contribution >= 4 is 5.78 Å². The van der Waals surface area contributed by atoms with Crippen molar-refractivity contribution in [1.82, 2.24) is 0 Å². The largest absolute Gasteiger partial charge is 0.392 e. The minimum Gasteiger partial charge on any atom is -0.392 e. The van der Waals surface area contributed by atoms with Gasteiger partial charge in [0.1, 0.15) is 5.78 Å². The average Bonchev–Trinajstić information content (AvgIpc) is 2.83. The maximum absolute atomic E-state index is 12.2. The minimum absolute atomic E-state index is 0.0471. The van der Waals surface area contributed by atoms with Crippen LogP contribution in [0.4, 0.5) is 0 Å². The summed E-state index contributed by atoms with van der Waals surface area (Å²) in [7, 11) is 0. The highest BCUT2D eigenvalue weighted by molar-refractivity contribution is 5.80. The Hall–Kier alpha value is -0.710. The summed E-state index contributed by atoms with van der Waals surface area (Å²) in [6.07, 6.45) is 6.43. The predicted octanol–water partition coefficient (Wildman–Crippen LogP) is 2.60. The number of allylic oxidation sites excluding steroid dienone is 1. The third kappa shape index (κ3) is 2.08. The minimum atomic E-state index is -0.962. The van der Waals surface area contributed by atoms with Crippen molar-refractivity contribution in [3.63, 3.8) is 0 Å². The zero-order valence-corrected chi connectivity index (χ0v) is 15.7. The van der Waals surface area contributed by atoms with E-state index < -0.39 is 17.1 Å². The average molecular weight is 348 g/mol. The molecule has 3 saturated carbocycles. The van der Waals surface area contributed by atoms with E-state index in [9.17, 15) is 20.1 Å². The van der Waals surface area contributed by atoms with Crippen molar-refractivity contribution in [2.45, 2.75) is 83.5 Å².